The van der Waals surface area contributed by atoms with Gasteiger partial charge in [-0.3, -0.25) is 9.78 Å². The van der Waals surface area contributed by atoms with Crippen LogP contribution in [0.25, 0.3) is 22.5 Å². The van der Waals surface area contributed by atoms with Gasteiger partial charge in [-0.1, -0.05) is 36.4 Å². The summed E-state index contributed by atoms with van der Waals surface area (Å²) in [6, 6.07) is 19.5. The molecule has 0 aliphatic carbocycles. The van der Waals surface area contributed by atoms with Gasteiger partial charge in [0.2, 0.25) is 0 Å². The molecule has 0 saturated heterocycles. The molecule has 1 amide bonds. The molecular formula is C23H17N2NaO4. The Labute approximate surface area is 196 Å². The van der Waals surface area contributed by atoms with Gasteiger partial charge in [-0.05, 0) is 41.5 Å². The molecule has 4 rings (SSSR count). The van der Waals surface area contributed by atoms with E-state index in [0.29, 0.717) is 16.9 Å². The Morgan fingerprint density at radius 2 is 1.70 bits per heavy atom. The van der Waals surface area contributed by atoms with Crippen LogP contribution in [0.3, 0.4) is 0 Å². The van der Waals surface area contributed by atoms with Gasteiger partial charge in [-0.25, -0.2) is 4.79 Å². The summed E-state index contributed by atoms with van der Waals surface area (Å²) in [5.41, 5.74) is 2.88. The van der Waals surface area contributed by atoms with Crippen LogP contribution >= 0.6 is 0 Å². The number of aromatic carboxylic acids is 1. The molecule has 2 heterocycles. The summed E-state index contributed by atoms with van der Waals surface area (Å²) < 4.78 is 5.34. The number of carboxylic acids is 1. The van der Waals surface area contributed by atoms with Crippen LogP contribution in [0, 0.1) is 0 Å². The van der Waals surface area contributed by atoms with E-state index in [0.717, 1.165) is 11.1 Å². The van der Waals surface area contributed by atoms with Crippen molar-refractivity contribution >= 4 is 17.6 Å². The number of rotatable bonds is 5. The third-order valence-electron chi connectivity index (χ3n) is 4.41. The maximum atomic E-state index is 12.8. The van der Waals surface area contributed by atoms with E-state index >= 15 is 0 Å². The van der Waals surface area contributed by atoms with Crippen molar-refractivity contribution in [2.75, 3.05) is 5.32 Å². The Hall–Kier alpha value is -3.19. The molecule has 144 valence electrons. The maximum Gasteiger partial charge on any atom is 1.00 e. The first kappa shape index (κ1) is 21.5. The number of furan rings is 1. The summed E-state index contributed by atoms with van der Waals surface area (Å²) >= 11 is 0. The fourth-order valence-corrected chi connectivity index (χ4v) is 2.98. The number of carbonyl (C=O) groups is 2. The van der Waals surface area contributed by atoms with Crippen LogP contribution in [-0.2, 0) is 0 Å². The van der Waals surface area contributed by atoms with Crippen molar-refractivity contribution in [2.24, 2.45) is 0 Å². The minimum absolute atomic E-state index is 0. The van der Waals surface area contributed by atoms with Crippen LogP contribution in [-0.4, -0.2) is 22.0 Å². The van der Waals surface area contributed by atoms with E-state index in [1.165, 1.54) is 18.5 Å². The van der Waals surface area contributed by atoms with Crippen LogP contribution in [0.4, 0.5) is 5.69 Å². The Bertz CT molecular complexity index is 1180. The molecule has 0 spiro atoms. The molecule has 0 bridgehead atoms. The molecule has 4 aromatic rings. The Kier molecular flexibility index (Phi) is 6.84. The standard InChI is InChI=1S/C23H16N2O4.Na.H/c26-22(18-11-17(13-24-14-18)21-7-4-10-29-21)25-20-12-16(8-9-19(20)23(27)28)15-5-2-1-3-6-15;;/h1-14H,(H,25,26)(H,27,28);;/q;+1;-1. The van der Waals surface area contributed by atoms with Gasteiger partial charge in [0.05, 0.1) is 23.1 Å². The first-order valence-corrected chi connectivity index (χ1v) is 8.85. The second kappa shape index (κ2) is 9.54. The van der Waals surface area contributed by atoms with Gasteiger partial charge in [0.1, 0.15) is 5.76 Å². The maximum absolute atomic E-state index is 12.8. The van der Waals surface area contributed by atoms with Crippen LogP contribution in [0.2, 0.25) is 0 Å². The van der Waals surface area contributed by atoms with E-state index in [1.807, 2.05) is 30.3 Å². The number of nitrogens with zero attached hydrogens (tertiary/aromatic N) is 1. The summed E-state index contributed by atoms with van der Waals surface area (Å²) in [6.07, 6.45) is 4.55. The van der Waals surface area contributed by atoms with Crippen molar-refractivity contribution in [2.45, 2.75) is 0 Å². The minimum atomic E-state index is -1.12. The number of aromatic nitrogens is 1. The van der Waals surface area contributed by atoms with Crippen LogP contribution < -0.4 is 34.9 Å². The van der Waals surface area contributed by atoms with E-state index in [-0.39, 0.29) is 42.2 Å². The Morgan fingerprint density at radius 3 is 2.40 bits per heavy atom. The SMILES string of the molecule is O=C(Nc1cc(-c2ccccc2)ccc1C(=O)O)c1cncc(-c2ccco2)c1.[H-].[Na+]. The molecule has 0 saturated carbocycles. The predicted molar refractivity (Wildman–Crippen MR) is 110 cm³/mol. The number of amides is 1. The second-order valence-corrected chi connectivity index (χ2v) is 6.33. The molecule has 0 radical (unpaired) electrons. The summed E-state index contributed by atoms with van der Waals surface area (Å²) in [5.74, 6) is -0.995. The van der Waals surface area contributed by atoms with Gasteiger partial charge < -0.3 is 16.3 Å². The topological polar surface area (TPSA) is 92.4 Å². The predicted octanol–water partition coefficient (Wildman–Crippen LogP) is 2.08. The number of benzene rings is 2. The first-order valence-electron chi connectivity index (χ1n) is 8.85. The van der Waals surface area contributed by atoms with E-state index in [1.54, 1.807) is 36.5 Å². The largest absolute Gasteiger partial charge is 1.00 e. The average Bonchev–Trinajstić information content (AvgIpc) is 3.29. The molecule has 2 aromatic carbocycles. The summed E-state index contributed by atoms with van der Waals surface area (Å²) in [4.78, 5) is 28.5. The number of hydrogen-bond acceptors (Lipinski definition) is 4. The van der Waals surface area contributed by atoms with E-state index in [2.05, 4.69) is 10.3 Å². The number of carboxylic acid groups (broad SMARTS) is 1. The van der Waals surface area contributed by atoms with Gasteiger partial charge in [0.15, 0.2) is 0 Å². The number of hydrogen-bond donors (Lipinski definition) is 2. The van der Waals surface area contributed by atoms with Gasteiger partial charge in [-0.2, -0.15) is 0 Å². The fraction of sp³-hybridized carbons (Fsp3) is 0. The molecule has 0 fully saturated rings. The summed E-state index contributed by atoms with van der Waals surface area (Å²) in [6.45, 7) is 0. The van der Waals surface area contributed by atoms with Gasteiger partial charge in [0, 0.05) is 18.0 Å². The van der Waals surface area contributed by atoms with Crippen molar-refractivity contribution in [1.82, 2.24) is 4.98 Å². The summed E-state index contributed by atoms with van der Waals surface area (Å²) in [7, 11) is 0. The molecule has 2 N–H and O–H groups in total. The number of carbonyl (C=O) groups excluding carboxylic acids is 1. The van der Waals surface area contributed by atoms with E-state index in [4.69, 9.17) is 4.42 Å². The molecule has 0 aliphatic rings. The monoisotopic (exact) mass is 408 g/mol. The van der Waals surface area contributed by atoms with E-state index < -0.39 is 11.9 Å². The molecular weight excluding hydrogens is 391 g/mol. The average molecular weight is 408 g/mol. The molecule has 6 nitrogen and oxygen atoms in total. The zero-order valence-corrected chi connectivity index (χ0v) is 18.2. The van der Waals surface area contributed by atoms with Crippen LogP contribution in [0.15, 0.2) is 89.8 Å². The number of nitrogens with one attached hydrogen (secondary N) is 1. The number of anilines is 1. The van der Waals surface area contributed by atoms with Crippen molar-refractivity contribution < 1.29 is 50.1 Å². The fourth-order valence-electron chi connectivity index (χ4n) is 2.98. The number of pyridine rings is 1. The normalized spacial score (nSPS) is 10.1. The van der Waals surface area contributed by atoms with Crippen LogP contribution in [0.1, 0.15) is 22.1 Å². The molecule has 0 atom stereocenters. The second-order valence-electron chi connectivity index (χ2n) is 6.33. The molecule has 7 heteroatoms. The summed E-state index contributed by atoms with van der Waals surface area (Å²) in [5, 5.41) is 12.2. The molecule has 0 unspecified atom stereocenters. The third kappa shape index (κ3) is 4.68. The van der Waals surface area contributed by atoms with Crippen molar-refractivity contribution in [3.8, 4) is 22.5 Å². The zero-order valence-electron chi connectivity index (χ0n) is 17.2. The quantitative estimate of drug-likeness (QED) is 0.494. The first-order chi connectivity index (χ1) is 14.1. The van der Waals surface area contributed by atoms with Crippen molar-refractivity contribution in [3.05, 3.63) is 96.5 Å². The third-order valence-corrected chi connectivity index (χ3v) is 4.41. The smallest absolute Gasteiger partial charge is 1.00 e. The van der Waals surface area contributed by atoms with Gasteiger partial charge in [0.25, 0.3) is 5.91 Å². The van der Waals surface area contributed by atoms with Gasteiger partial charge >= 0.3 is 35.5 Å². The molecule has 30 heavy (non-hydrogen) atoms. The van der Waals surface area contributed by atoms with Crippen LogP contribution in [0.5, 0.6) is 0 Å². The van der Waals surface area contributed by atoms with Crippen molar-refractivity contribution in [3.63, 3.8) is 0 Å². The zero-order chi connectivity index (χ0) is 20.2. The molecule has 0 aliphatic heterocycles. The van der Waals surface area contributed by atoms with Gasteiger partial charge in [-0.15, -0.1) is 0 Å². The van der Waals surface area contributed by atoms with E-state index in [9.17, 15) is 14.7 Å². The molecule has 2 aromatic heterocycles. The van der Waals surface area contributed by atoms with Crippen molar-refractivity contribution in [1.29, 1.82) is 0 Å². The Balaban J connectivity index is 0.00000171. The Morgan fingerprint density at radius 1 is 0.900 bits per heavy atom. The minimum Gasteiger partial charge on any atom is -1.00 e.